The predicted octanol–water partition coefficient (Wildman–Crippen LogP) is 6.77. The zero-order valence-electron chi connectivity index (χ0n) is 14.8. The van der Waals surface area contributed by atoms with E-state index in [0.29, 0.717) is 22.9 Å². The van der Waals surface area contributed by atoms with Crippen molar-refractivity contribution in [3.8, 4) is 5.88 Å². The number of aromatic nitrogens is 1. The minimum atomic E-state index is 0.106. The second-order valence-electron chi connectivity index (χ2n) is 6.44. The molecule has 4 aromatic rings. The summed E-state index contributed by atoms with van der Waals surface area (Å²) in [6, 6.07) is 23.2. The molecule has 1 N–H and O–H groups in total. The molecule has 0 amide bonds. The first-order valence-electron chi connectivity index (χ1n) is 8.65. The number of benzene rings is 3. The molecule has 4 nitrogen and oxygen atoms in total. The van der Waals surface area contributed by atoms with Crippen molar-refractivity contribution >= 4 is 33.9 Å². The lowest BCUT2D eigenvalue weighted by molar-refractivity contribution is 0.429. The van der Waals surface area contributed by atoms with Gasteiger partial charge >= 0.3 is 0 Å². The molecule has 0 radical (unpaired) electrons. The van der Waals surface area contributed by atoms with Crippen LogP contribution in [-0.2, 0) is 6.54 Å². The average molecular weight is 376 g/mol. The van der Waals surface area contributed by atoms with E-state index in [1.54, 1.807) is 24.3 Å². The molecule has 0 aliphatic heterocycles. The minimum absolute atomic E-state index is 0.106. The van der Waals surface area contributed by atoms with Crippen LogP contribution in [0.15, 0.2) is 83.0 Å². The largest absolute Gasteiger partial charge is 0.493 e. The third kappa shape index (κ3) is 3.57. The highest BCUT2D eigenvalue weighted by Crippen LogP contribution is 2.39. The van der Waals surface area contributed by atoms with Crippen LogP contribution in [0.2, 0.25) is 5.02 Å². The van der Waals surface area contributed by atoms with Crippen molar-refractivity contribution in [3.63, 3.8) is 0 Å². The van der Waals surface area contributed by atoms with Crippen LogP contribution in [0.5, 0.6) is 5.88 Å². The van der Waals surface area contributed by atoms with Gasteiger partial charge in [0.25, 0.3) is 0 Å². The molecule has 0 spiro atoms. The standard InChI is InChI=1S/C22H18ClN3O/c1-15-6-8-16(9-7-15)14-26-20-5-3-2-4-19(20)21(22(26)27)25-24-18-12-10-17(23)11-13-18/h2-13,27H,14H2,1H3. The Morgan fingerprint density at radius 2 is 1.59 bits per heavy atom. The van der Waals surface area contributed by atoms with Gasteiger partial charge in [-0.15, -0.1) is 5.11 Å². The smallest absolute Gasteiger partial charge is 0.221 e. The highest BCUT2D eigenvalue weighted by atomic mass is 35.5. The molecule has 1 aromatic heterocycles. The summed E-state index contributed by atoms with van der Waals surface area (Å²) in [6.45, 7) is 2.62. The number of hydrogen-bond acceptors (Lipinski definition) is 3. The zero-order valence-corrected chi connectivity index (χ0v) is 15.6. The molecule has 0 bridgehead atoms. The molecular formula is C22H18ClN3O. The first kappa shape index (κ1) is 17.3. The number of aromatic hydroxyl groups is 1. The Morgan fingerprint density at radius 1 is 0.889 bits per heavy atom. The van der Waals surface area contributed by atoms with E-state index in [0.717, 1.165) is 16.5 Å². The van der Waals surface area contributed by atoms with E-state index in [2.05, 4.69) is 41.4 Å². The number of fused-ring (bicyclic) bond motifs is 1. The maximum Gasteiger partial charge on any atom is 0.221 e. The number of nitrogens with zero attached hydrogens (tertiary/aromatic N) is 3. The molecule has 0 fully saturated rings. The van der Waals surface area contributed by atoms with E-state index < -0.39 is 0 Å². The molecule has 0 aliphatic carbocycles. The van der Waals surface area contributed by atoms with Crippen LogP contribution in [0.25, 0.3) is 10.9 Å². The van der Waals surface area contributed by atoms with Crippen LogP contribution < -0.4 is 0 Å². The van der Waals surface area contributed by atoms with E-state index in [9.17, 15) is 5.11 Å². The van der Waals surface area contributed by atoms with Crippen molar-refractivity contribution in [2.24, 2.45) is 10.2 Å². The highest BCUT2D eigenvalue weighted by Gasteiger charge is 2.16. The molecular weight excluding hydrogens is 358 g/mol. The molecule has 27 heavy (non-hydrogen) atoms. The SMILES string of the molecule is Cc1ccc(Cn2c(O)c(N=Nc3ccc(Cl)cc3)c3ccccc32)cc1. The van der Waals surface area contributed by atoms with Crippen molar-refractivity contribution < 1.29 is 5.11 Å². The Hall–Kier alpha value is -3.11. The fraction of sp³-hybridized carbons (Fsp3) is 0.0909. The summed E-state index contributed by atoms with van der Waals surface area (Å²) in [5.74, 6) is 0.106. The van der Waals surface area contributed by atoms with E-state index in [4.69, 9.17) is 11.6 Å². The molecule has 3 aromatic carbocycles. The maximum absolute atomic E-state index is 10.8. The van der Waals surface area contributed by atoms with Crippen LogP contribution in [0, 0.1) is 6.92 Å². The molecule has 0 atom stereocenters. The van der Waals surface area contributed by atoms with E-state index in [1.807, 2.05) is 28.8 Å². The van der Waals surface area contributed by atoms with Crippen molar-refractivity contribution in [3.05, 3.63) is 88.9 Å². The summed E-state index contributed by atoms with van der Waals surface area (Å²) in [5, 5.41) is 20.9. The molecule has 0 saturated heterocycles. The Kier molecular flexibility index (Phi) is 4.65. The van der Waals surface area contributed by atoms with Crippen LogP contribution in [0.4, 0.5) is 11.4 Å². The number of azo groups is 1. The van der Waals surface area contributed by atoms with Gasteiger partial charge in [-0.05, 0) is 42.8 Å². The second-order valence-corrected chi connectivity index (χ2v) is 6.87. The Bertz CT molecular complexity index is 1110. The number of hydrogen-bond donors (Lipinski definition) is 1. The molecule has 0 aliphatic rings. The summed E-state index contributed by atoms with van der Waals surface area (Å²) >= 11 is 5.91. The zero-order chi connectivity index (χ0) is 18.8. The lowest BCUT2D eigenvalue weighted by Gasteiger charge is -2.07. The molecule has 5 heteroatoms. The minimum Gasteiger partial charge on any atom is -0.493 e. The van der Waals surface area contributed by atoms with Crippen LogP contribution in [0.3, 0.4) is 0 Å². The van der Waals surface area contributed by atoms with Gasteiger partial charge in [0.1, 0.15) is 0 Å². The number of aryl methyl sites for hydroxylation is 1. The topological polar surface area (TPSA) is 49.9 Å². The van der Waals surface area contributed by atoms with Crippen molar-refractivity contribution in [2.45, 2.75) is 13.5 Å². The summed E-state index contributed by atoms with van der Waals surface area (Å²) in [6.07, 6.45) is 0. The van der Waals surface area contributed by atoms with Crippen LogP contribution >= 0.6 is 11.6 Å². The molecule has 1 heterocycles. The monoisotopic (exact) mass is 375 g/mol. The summed E-state index contributed by atoms with van der Waals surface area (Å²) in [7, 11) is 0. The third-order valence-corrected chi connectivity index (χ3v) is 4.72. The summed E-state index contributed by atoms with van der Waals surface area (Å²) in [4.78, 5) is 0. The second kappa shape index (κ2) is 7.25. The molecule has 4 rings (SSSR count). The maximum atomic E-state index is 10.8. The van der Waals surface area contributed by atoms with Gasteiger partial charge in [0, 0.05) is 10.4 Å². The van der Waals surface area contributed by atoms with Crippen molar-refractivity contribution in [2.75, 3.05) is 0 Å². The summed E-state index contributed by atoms with van der Waals surface area (Å²) < 4.78 is 1.86. The lowest BCUT2D eigenvalue weighted by atomic mass is 10.1. The first-order chi connectivity index (χ1) is 13.1. The van der Waals surface area contributed by atoms with Crippen molar-refractivity contribution in [1.29, 1.82) is 0 Å². The molecule has 134 valence electrons. The Balaban J connectivity index is 1.76. The highest BCUT2D eigenvalue weighted by molar-refractivity contribution is 6.30. The fourth-order valence-electron chi connectivity index (χ4n) is 3.02. The van der Waals surface area contributed by atoms with Gasteiger partial charge in [-0.1, -0.05) is 59.6 Å². The lowest BCUT2D eigenvalue weighted by Crippen LogP contribution is -1.98. The third-order valence-electron chi connectivity index (χ3n) is 4.47. The van der Waals surface area contributed by atoms with Gasteiger partial charge in [0.15, 0.2) is 5.69 Å². The normalized spacial score (nSPS) is 11.5. The fourth-order valence-corrected chi connectivity index (χ4v) is 3.15. The van der Waals surface area contributed by atoms with Gasteiger partial charge in [-0.25, -0.2) is 0 Å². The van der Waals surface area contributed by atoms with Gasteiger partial charge in [0.2, 0.25) is 5.88 Å². The van der Waals surface area contributed by atoms with E-state index in [1.165, 1.54) is 5.56 Å². The number of rotatable bonds is 4. The Labute approximate surface area is 162 Å². The van der Waals surface area contributed by atoms with Crippen LogP contribution in [-0.4, -0.2) is 9.67 Å². The number of halogens is 1. The quantitative estimate of drug-likeness (QED) is 0.393. The average Bonchev–Trinajstić information content (AvgIpc) is 2.95. The van der Waals surface area contributed by atoms with E-state index >= 15 is 0 Å². The Morgan fingerprint density at radius 3 is 2.33 bits per heavy atom. The van der Waals surface area contributed by atoms with Gasteiger partial charge in [0.05, 0.1) is 17.7 Å². The number of para-hydroxylation sites is 1. The van der Waals surface area contributed by atoms with E-state index in [-0.39, 0.29) is 5.88 Å². The molecule has 0 unspecified atom stereocenters. The van der Waals surface area contributed by atoms with Gasteiger partial charge in [-0.3, -0.25) is 0 Å². The molecule has 0 saturated carbocycles. The van der Waals surface area contributed by atoms with Gasteiger partial charge < -0.3 is 9.67 Å². The van der Waals surface area contributed by atoms with Crippen LogP contribution in [0.1, 0.15) is 11.1 Å². The van der Waals surface area contributed by atoms with Crippen molar-refractivity contribution in [1.82, 2.24) is 4.57 Å². The van der Waals surface area contributed by atoms with Gasteiger partial charge in [-0.2, -0.15) is 5.11 Å². The first-order valence-corrected chi connectivity index (χ1v) is 9.02. The summed E-state index contributed by atoms with van der Waals surface area (Å²) in [5.41, 5.74) is 4.37. The predicted molar refractivity (Wildman–Crippen MR) is 110 cm³/mol.